The average molecular weight is 371 g/mol. The van der Waals surface area contributed by atoms with Crippen LogP contribution >= 0.6 is 22.6 Å². The zero-order valence-electron chi connectivity index (χ0n) is 8.84. The van der Waals surface area contributed by atoms with E-state index in [-0.39, 0.29) is 14.7 Å². The van der Waals surface area contributed by atoms with E-state index >= 15 is 0 Å². The molecule has 0 aliphatic carbocycles. The number of nitrogens with zero attached hydrogens (tertiary/aromatic N) is 1. The van der Waals surface area contributed by atoms with Gasteiger partial charge in [0.25, 0.3) is 0 Å². The van der Waals surface area contributed by atoms with Crippen LogP contribution in [0.3, 0.4) is 0 Å². The molecule has 4 nitrogen and oxygen atoms in total. The van der Waals surface area contributed by atoms with Crippen LogP contribution in [0.4, 0.5) is 13.2 Å². The van der Waals surface area contributed by atoms with Gasteiger partial charge in [0.1, 0.15) is 11.8 Å². The van der Waals surface area contributed by atoms with E-state index in [2.05, 4.69) is 9.47 Å². The highest BCUT2D eigenvalue weighted by molar-refractivity contribution is 14.1. The van der Waals surface area contributed by atoms with Gasteiger partial charge in [0.15, 0.2) is 0 Å². The molecule has 0 aromatic heterocycles. The lowest BCUT2D eigenvalue weighted by molar-refractivity contribution is -0.275. The summed E-state index contributed by atoms with van der Waals surface area (Å²) in [6, 6.07) is 3.69. The number of carbonyl (C=O) groups excluding carboxylic acids is 1. The first-order chi connectivity index (χ1) is 8.28. The van der Waals surface area contributed by atoms with Crippen LogP contribution in [-0.2, 0) is 4.74 Å². The molecule has 0 fully saturated rings. The van der Waals surface area contributed by atoms with Gasteiger partial charge in [0.05, 0.1) is 21.8 Å². The van der Waals surface area contributed by atoms with Gasteiger partial charge in [0.2, 0.25) is 0 Å². The summed E-state index contributed by atoms with van der Waals surface area (Å²) in [4.78, 5) is 11.2. The number of methoxy groups -OCH3 is 1. The van der Waals surface area contributed by atoms with Gasteiger partial charge in [-0.3, -0.25) is 0 Å². The Morgan fingerprint density at radius 2 is 2.06 bits per heavy atom. The number of nitriles is 1. The van der Waals surface area contributed by atoms with Crippen molar-refractivity contribution in [2.75, 3.05) is 7.11 Å². The van der Waals surface area contributed by atoms with Crippen molar-refractivity contribution in [1.82, 2.24) is 0 Å². The molecule has 0 heterocycles. The number of alkyl halides is 3. The van der Waals surface area contributed by atoms with Crippen LogP contribution in [0.25, 0.3) is 0 Å². The van der Waals surface area contributed by atoms with Crippen LogP contribution in [0, 0.1) is 14.9 Å². The minimum Gasteiger partial charge on any atom is -0.465 e. The zero-order chi connectivity index (χ0) is 13.9. The van der Waals surface area contributed by atoms with Crippen molar-refractivity contribution < 1.29 is 27.4 Å². The maximum absolute atomic E-state index is 12.1. The number of rotatable bonds is 2. The van der Waals surface area contributed by atoms with Gasteiger partial charge in [-0.15, -0.1) is 13.2 Å². The van der Waals surface area contributed by atoms with E-state index in [1.165, 1.54) is 22.6 Å². The molecule has 0 amide bonds. The van der Waals surface area contributed by atoms with E-state index in [0.717, 1.165) is 19.2 Å². The summed E-state index contributed by atoms with van der Waals surface area (Å²) in [7, 11) is 1.08. The maximum Gasteiger partial charge on any atom is 0.573 e. The Morgan fingerprint density at radius 3 is 2.50 bits per heavy atom. The minimum absolute atomic E-state index is 0.0277. The Bertz CT molecular complexity index is 522. The molecule has 8 heteroatoms. The predicted molar refractivity (Wildman–Crippen MR) is 61.9 cm³/mol. The van der Waals surface area contributed by atoms with Crippen LogP contribution in [-0.4, -0.2) is 19.4 Å². The molecule has 96 valence electrons. The first-order valence-electron chi connectivity index (χ1n) is 4.36. The lowest BCUT2D eigenvalue weighted by atomic mass is 10.1. The molecule has 18 heavy (non-hydrogen) atoms. The molecule has 0 radical (unpaired) electrons. The zero-order valence-corrected chi connectivity index (χ0v) is 11.0. The molecule has 1 rings (SSSR count). The van der Waals surface area contributed by atoms with Crippen molar-refractivity contribution in [2.45, 2.75) is 6.36 Å². The fraction of sp³-hybridized carbons (Fsp3) is 0.200. The summed E-state index contributed by atoms with van der Waals surface area (Å²) in [5.74, 6) is -1.46. The monoisotopic (exact) mass is 371 g/mol. The molecule has 0 aliphatic rings. The second kappa shape index (κ2) is 5.43. The van der Waals surface area contributed by atoms with E-state index in [9.17, 15) is 18.0 Å². The Kier molecular flexibility index (Phi) is 4.39. The number of halogens is 4. The normalized spacial score (nSPS) is 10.7. The number of esters is 1. The Labute approximate surface area is 113 Å². The van der Waals surface area contributed by atoms with Crippen molar-refractivity contribution in [3.05, 3.63) is 26.8 Å². The second-order valence-electron chi connectivity index (χ2n) is 2.99. The number of ether oxygens (including phenoxy) is 2. The fourth-order valence-electron chi connectivity index (χ4n) is 1.11. The van der Waals surface area contributed by atoms with E-state index in [0.29, 0.717) is 0 Å². The largest absolute Gasteiger partial charge is 0.573 e. The van der Waals surface area contributed by atoms with Gasteiger partial charge in [-0.2, -0.15) is 5.26 Å². The fourth-order valence-corrected chi connectivity index (χ4v) is 1.66. The lowest BCUT2D eigenvalue weighted by Gasteiger charge is -2.12. The van der Waals surface area contributed by atoms with Gasteiger partial charge < -0.3 is 9.47 Å². The van der Waals surface area contributed by atoms with Crippen molar-refractivity contribution >= 4 is 28.6 Å². The third-order valence-corrected chi connectivity index (χ3v) is 2.92. The van der Waals surface area contributed by atoms with Gasteiger partial charge in [-0.1, -0.05) is 0 Å². The highest BCUT2D eigenvalue weighted by atomic mass is 127. The van der Waals surface area contributed by atoms with Crippen molar-refractivity contribution in [3.63, 3.8) is 0 Å². The second-order valence-corrected chi connectivity index (χ2v) is 4.07. The van der Waals surface area contributed by atoms with Crippen molar-refractivity contribution in [2.24, 2.45) is 0 Å². The lowest BCUT2D eigenvalue weighted by Crippen LogP contribution is -2.18. The van der Waals surface area contributed by atoms with E-state index in [1.54, 1.807) is 6.07 Å². The molecule has 0 unspecified atom stereocenters. The standard InChI is InChI=1S/C10H5F3INO3/c1-17-9(16)5-2-6(4-15)8(14)7(3-5)18-10(11,12)13/h2-3H,1H3. The number of benzene rings is 1. The summed E-state index contributed by atoms with van der Waals surface area (Å²) < 4.78 is 44.5. The SMILES string of the molecule is COC(=O)c1cc(C#N)c(I)c(OC(F)(F)F)c1. The van der Waals surface area contributed by atoms with Crippen LogP contribution in [0.15, 0.2) is 12.1 Å². The first-order valence-corrected chi connectivity index (χ1v) is 5.44. The molecule has 0 saturated heterocycles. The average Bonchev–Trinajstić information content (AvgIpc) is 2.29. The van der Waals surface area contributed by atoms with Gasteiger partial charge >= 0.3 is 12.3 Å². The van der Waals surface area contributed by atoms with Gasteiger partial charge in [0, 0.05) is 0 Å². The molecule has 0 aliphatic heterocycles. The summed E-state index contributed by atoms with van der Waals surface area (Å²) in [6.07, 6.45) is -4.90. The molecule has 0 bridgehead atoms. The highest BCUT2D eigenvalue weighted by Gasteiger charge is 2.33. The summed E-state index contributed by atoms with van der Waals surface area (Å²) in [6.45, 7) is 0. The Morgan fingerprint density at radius 1 is 1.44 bits per heavy atom. The molecule has 0 N–H and O–H groups in total. The molecule has 0 spiro atoms. The first kappa shape index (κ1) is 14.6. The number of hydrogen-bond donors (Lipinski definition) is 0. The van der Waals surface area contributed by atoms with E-state index < -0.39 is 18.1 Å². The molecule has 0 saturated carbocycles. The summed E-state index contributed by atoms with van der Waals surface area (Å²) in [5, 5.41) is 8.78. The van der Waals surface area contributed by atoms with Crippen molar-refractivity contribution in [3.8, 4) is 11.8 Å². The number of carbonyl (C=O) groups is 1. The molecule has 0 atom stereocenters. The van der Waals surface area contributed by atoms with E-state index in [1.807, 2.05) is 0 Å². The third-order valence-electron chi connectivity index (χ3n) is 1.81. The minimum atomic E-state index is -4.90. The van der Waals surface area contributed by atoms with Crippen molar-refractivity contribution in [1.29, 1.82) is 5.26 Å². The van der Waals surface area contributed by atoms with Crippen LogP contribution in [0.5, 0.6) is 5.75 Å². The quantitative estimate of drug-likeness (QED) is 0.593. The highest BCUT2D eigenvalue weighted by Crippen LogP contribution is 2.31. The van der Waals surface area contributed by atoms with Crippen LogP contribution in [0.2, 0.25) is 0 Å². The van der Waals surface area contributed by atoms with Crippen LogP contribution < -0.4 is 4.74 Å². The van der Waals surface area contributed by atoms with Crippen LogP contribution in [0.1, 0.15) is 15.9 Å². The Balaban J connectivity index is 3.33. The van der Waals surface area contributed by atoms with Gasteiger partial charge in [-0.25, -0.2) is 4.79 Å². The molecular weight excluding hydrogens is 366 g/mol. The molecular formula is C10H5F3INO3. The van der Waals surface area contributed by atoms with E-state index in [4.69, 9.17) is 5.26 Å². The third kappa shape index (κ3) is 3.49. The number of hydrogen-bond acceptors (Lipinski definition) is 4. The smallest absolute Gasteiger partial charge is 0.465 e. The summed E-state index contributed by atoms with van der Waals surface area (Å²) in [5.41, 5.74) is -0.286. The maximum atomic E-state index is 12.1. The predicted octanol–water partition coefficient (Wildman–Crippen LogP) is 2.85. The van der Waals surface area contributed by atoms with Gasteiger partial charge in [-0.05, 0) is 34.7 Å². The molecule has 1 aromatic rings. The molecule has 1 aromatic carbocycles. The topological polar surface area (TPSA) is 59.3 Å². The Hall–Kier alpha value is -1.50. The summed E-state index contributed by atoms with van der Waals surface area (Å²) >= 11 is 1.53.